The number of esters is 1. The summed E-state index contributed by atoms with van der Waals surface area (Å²) in [7, 11) is 0. The average Bonchev–Trinajstić information content (AvgIpc) is 3.13. The molecule has 28 heavy (non-hydrogen) atoms. The zero-order valence-corrected chi connectivity index (χ0v) is 15.2. The number of anilines is 1. The first-order chi connectivity index (χ1) is 13.5. The van der Waals surface area contributed by atoms with Gasteiger partial charge in [-0.05, 0) is 48.0 Å². The molecule has 1 aliphatic rings. The maximum atomic E-state index is 12.3. The molecule has 0 aromatic heterocycles. The molecule has 0 aliphatic carbocycles. The highest BCUT2D eigenvalue weighted by atomic mass is 32.2. The molecule has 1 amide bonds. The molecule has 0 unspecified atom stereocenters. The van der Waals surface area contributed by atoms with Gasteiger partial charge < -0.3 is 19.5 Å². The summed E-state index contributed by atoms with van der Waals surface area (Å²) in [5.41, 5.74) is 1.13. The van der Waals surface area contributed by atoms with Gasteiger partial charge in [0.2, 0.25) is 6.79 Å². The van der Waals surface area contributed by atoms with Gasteiger partial charge in [0.15, 0.2) is 18.1 Å². The zero-order valence-electron chi connectivity index (χ0n) is 14.4. The number of benzene rings is 2. The fourth-order valence-electron chi connectivity index (χ4n) is 2.28. The van der Waals surface area contributed by atoms with E-state index in [1.807, 2.05) is 0 Å². The number of hydrogen-bond donors (Lipinski definition) is 1. The zero-order chi connectivity index (χ0) is 19.9. The van der Waals surface area contributed by atoms with Crippen molar-refractivity contribution < 1.29 is 32.6 Å². The second-order valence-electron chi connectivity index (χ2n) is 5.50. The van der Waals surface area contributed by atoms with E-state index in [0.29, 0.717) is 39.4 Å². The predicted octanol–water partition coefficient (Wildman–Crippen LogP) is 3.93. The summed E-state index contributed by atoms with van der Waals surface area (Å²) in [6, 6.07) is 11.1. The van der Waals surface area contributed by atoms with E-state index in [0.717, 1.165) is 0 Å². The first kappa shape index (κ1) is 19.7. The van der Waals surface area contributed by atoms with Crippen LogP contribution in [-0.4, -0.2) is 31.0 Å². The van der Waals surface area contributed by atoms with E-state index >= 15 is 0 Å². The van der Waals surface area contributed by atoms with Gasteiger partial charge in [-0.2, -0.15) is 8.78 Å². The van der Waals surface area contributed by atoms with Crippen LogP contribution in [0, 0.1) is 0 Å². The van der Waals surface area contributed by atoms with E-state index in [-0.39, 0.29) is 6.79 Å². The Labute approximate surface area is 163 Å². The smallest absolute Gasteiger partial charge is 0.331 e. The van der Waals surface area contributed by atoms with E-state index in [1.54, 1.807) is 18.2 Å². The predicted molar refractivity (Wildman–Crippen MR) is 99.5 cm³/mol. The number of carbonyl (C=O) groups excluding carboxylic acids is 2. The maximum Gasteiger partial charge on any atom is 0.331 e. The summed E-state index contributed by atoms with van der Waals surface area (Å²) < 4.78 is 39.8. The summed E-state index contributed by atoms with van der Waals surface area (Å²) in [6.45, 7) is -0.314. The fraction of sp³-hybridized carbons (Fsp3) is 0.158. The maximum absolute atomic E-state index is 12.3. The van der Waals surface area contributed by atoms with Crippen molar-refractivity contribution in [3.63, 3.8) is 0 Å². The highest BCUT2D eigenvalue weighted by Gasteiger charge is 2.12. The van der Waals surface area contributed by atoms with E-state index in [1.165, 1.54) is 36.4 Å². The molecular weight excluding hydrogens is 392 g/mol. The molecule has 0 radical (unpaired) electrons. The molecular formula is C19H15F2NO5S. The molecule has 1 aliphatic heterocycles. The third-order valence-corrected chi connectivity index (χ3v) is 4.24. The first-order valence-electron chi connectivity index (χ1n) is 8.09. The van der Waals surface area contributed by atoms with Crippen molar-refractivity contribution in [3.8, 4) is 11.5 Å². The van der Waals surface area contributed by atoms with Crippen molar-refractivity contribution in [3.05, 3.63) is 54.1 Å². The van der Waals surface area contributed by atoms with Gasteiger partial charge in [-0.15, -0.1) is 0 Å². The lowest BCUT2D eigenvalue weighted by Crippen LogP contribution is -2.20. The van der Waals surface area contributed by atoms with Gasteiger partial charge >= 0.3 is 5.97 Å². The van der Waals surface area contributed by atoms with Crippen molar-refractivity contribution in [2.75, 3.05) is 18.7 Å². The third-order valence-electron chi connectivity index (χ3n) is 3.52. The number of nitrogens with one attached hydrogen (secondary N) is 1. The highest BCUT2D eigenvalue weighted by Crippen LogP contribution is 2.32. The summed E-state index contributed by atoms with van der Waals surface area (Å²) in [6.07, 6.45) is 2.72. The van der Waals surface area contributed by atoms with Crippen molar-refractivity contribution in [1.82, 2.24) is 0 Å². The number of alkyl halides is 2. The summed E-state index contributed by atoms with van der Waals surface area (Å²) in [5.74, 6) is -2.51. The Morgan fingerprint density at radius 2 is 1.89 bits per heavy atom. The molecule has 6 nitrogen and oxygen atoms in total. The number of ether oxygens (including phenoxy) is 3. The van der Waals surface area contributed by atoms with E-state index in [2.05, 4.69) is 5.32 Å². The molecule has 2 aromatic carbocycles. The SMILES string of the molecule is O=C(COC(=O)C=Cc1ccc2c(c1)OCO2)Nc1ccc(SC(F)F)cc1. The van der Waals surface area contributed by atoms with Gasteiger partial charge in [0.05, 0.1) is 0 Å². The summed E-state index contributed by atoms with van der Waals surface area (Å²) in [4.78, 5) is 23.9. The Hall–Kier alpha value is -3.07. The molecule has 0 saturated carbocycles. The summed E-state index contributed by atoms with van der Waals surface area (Å²) >= 11 is 0.412. The molecule has 2 aromatic rings. The van der Waals surface area contributed by atoms with E-state index < -0.39 is 24.2 Å². The monoisotopic (exact) mass is 407 g/mol. The number of amides is 1. The highest BCUT2D eigenvalue weighted by molar-refractivity contribution is 7.99. The normalized spacial score (nSPS) is 12.4. The lowest BCUT2D eigenvalue weighted by Gasteiger charge is -2.06. The van der Waals surface area contributed by atoms with Gasteiger partial charge in [-0.1, -0.05) is 17.8 Å². The lowest BCUT2D eigenvalue weighted by atomic mass is 10.2. The van der Waals surface area contributed by atoms with Crippen molar-refractivity contribution in [2.24, 2.45) is 0 Å². The Morgan fingerprint density at radius 1 is 1.14 bits per heavy atom. The lowest BCUT2D eigenvalue weighted by molar-refractivity contribution is -0.142. The van der Waals surface area contributed by atoms with E-state index in [4.69, 9.17) is 14.2 Å². The second kappa shape index (κ2) is 9.23. The Bertz CT molecular complexity index is 886. The van der Waals surface area contributed by atoms with Crippen molar-refractivity contribution >= 4 is 35.4 Å². The van der Waals surface area contributed by atoms with Gasteiger partial charge in [0.1, 0.15) is 0 Å². The Balaban J connectivity index is 1.44. The molecule has 9 heteroatoms. The van der Waals surface area contributed by atoms with Crippen LogP contribution in [0.25, 0.3) is 6.08 Å². The molecule has 0 atom stereocenters. The quantitative estimate of drug-likeness (QED) is 0.426. The number of hydrogen-bond acceptors (Lipinski definition) is 6. The minimum Gasteiger partial charge on any atom is -0.454 e. The molecule has 0 fully saturated rings. The molecule has 0 spiro atoms. The molecule has 3 rings (SSSR count). The fourth-order valence-corrected chi connectivity index (χ4v) is 2.78. The molecule has 146 valence electrons. The number of thioether (sulfide) groups is 1. The first-order valence-corrected chi connectivity index (χ1v) is 8.97. The topological polar surface area (TPSA) is 73.9 Å². The number of halogens is 2. The Kier molecular flexibility index (Phi) is 6.49. The number of rotatable bonds is 7. The molecule has 0 saturated heterocycles. The van der Waals surface area contributed by atoms with Gasteiger partial charge in [-0.25, -0.2) is 4.79 Å². The van der Waals surface area contributed by atoms with Gasteiger partial charge in [0, 0.05) is 16.7 Å². The number of carbonyl (C=O) groups is 2. The van der Waals surface area contributed by atoms with Gasteiger partial charge in [-0.3, -0.25) is 4.79 Å². The van der Waals surface area contributed by atoms with E-state index in [9.17, 15) is 18.4 Å². The third kappa shape index (κ3) is 5.71. The van der Waals surface area contributed by atoms with Gasteiger partial charge in [0.25, 0.3) is 11.7 Å². The molecule has 1 N–H and O–H groups in total. The second-order valence-corrected chi connectivity index (χ2v) is 6.57. The van der Waals surface area contributed by atoms with Crippen LogP contribution in [-0.2, 0) is 14.3 Å². The minimum atomic E-state index is -2.51. The van der Waals surface area contributed by atoms with Crippen LogP contribution < -0.4 is 14.8 Å². The van der Waals surface area contributed by atoms with Crippen LogP contribution in [0.2, 0.25) is 0 Å². The average molecular weight is 407 g/mol. The van der Waals surface area contributed by atoms with Crippen molar-refractivity contribution in [1.29, 1.82) is 0 Å². The molecule has 0 bridgehead atoms. The Morgan fingerprint density at radius 3 is 2.64 bits per heavy atom. The standard InChI is InChI=1S/C19H15F2NO5S/c20-19(21)28-14-5-3-13(4-6-14)22-17(23)10-25-18(24)8-2-12-1-7-15-16(9-12)27-11-26-15/h1-9,19H,10-11H2,(H,22,23). The minimum absolute atomic E-state index is 0.160. The van der Waals surface area contributed by atoms with Crippen LogP contribution in [0.5, 0.6) is 11.5 Å². The van der Waals surface area contributed by atoms with Crippen LogP contribution in [0.15, 0.2) is 53.4 Å². The van der Waals surface area contributed by atoms with Crippen LogP contribution >= 0.6 is 11.8 Å². The summed E-state index contributed by atoms with van der Waals surface area (Å²) in [5, 5.41) is 2.51. The van der Waals surface area contributed by atoms with Crippen LogP contribution in [0.1, 0.15) is 5.56 Å². The molecule has 1 heterocycles. The van der Waals surface area contributed by atoms with Crippen molar-refractivity contribution in [2.45, 2.75) is 10.7 Å². The van der Waals surface area contributed by atoms with Crippen LogP contribution in [0.3, 0.4) is 0 Å². The number of fused-ring (bicyclic) bond motifs is 1. The largest absolute Gasteiger partial charge is 0.454 e. The van der Waals surface area contributed by atoms with Crippen LogP contribution in [0.4, 0.5) is 14.5 Å².